The first kappa shape index (κ1) is 12.5. The van der Waals surface area contributed by atoms with E-state index < -0.39 is 0 Å². The summed E-state index contributed by atoms with van der Waals surface area (Å²) >= 11 is 1.57. The summed E-state index contributed by atoms with van der Waals surface area (Å²) in [6, 6.07) is 3.44. The number of carbonyl (C=O) groups excluding carboxylic acids is 1. The Hall–Kier alpha value is -2.28. The van der Waals surface area contributed by atoms with Crippen molar-refractivity contribution in [3.05, 3.63) is 40.8 Å². The van der Waals surface area contributed by atoms with E-state index in [0.717, 1.165) is 24.2 Å². The van der Waals surface area contributed by atoms with Crippen LogP contribution in [0, 0.1) is 0 Å². The minimum atomic E-state index is -0.239. The number of hydrogen-bond donors (Lipinski definition) is 1. The van der Waals surface area contributed by atoms with Gasteiger partial charge in [0, 0.05) is 17.3 Å². The Morgan fingerprint density at radius 3 is 3.10 bits per heavy atom. The summed E-state index contributed by atoms with van der Waals surface area (Å²) in [5.41, 5.74) is 2.21. The van der Waals surface area contributed by atoms with Crippen molar-refractivity contribution in [2.24, 2.45) is 0 Å². The molecule has 1 aliphatic rings. The molecule has 0 fully saturated rings. The lowest BCUT2D eigenvalue weighted by Gasteiger charge is -2.06. The lowest BCUT2D eigenvalue weighted by atomic mass is 10.0. The number of rotatable bonds is 2. The molecule has 3 aromatic rings. The van der Waals surface area contributed by atoms with E-state index in [-0.39, 0.29) is 5.91 Å². The Labute approximate surface area is 124 Å². The average molecular weight is 299 g/mol. The van der Waals surface area contributed by atoms with Crippen molar-refractivity contribution in [3.8, 4) is 0 Å². The van der Waals surface area contributed by atoms with Crippen LogP contribution in [0.2, 0.25) is 0 Å². The van der Waals surface area contributed by atoms with Gasteiger partial charge in [-0.3, -0.25) is 10.1 Å². The van der Waals surface area contributed by atoms with E-state index >= 15 is 0 Å². The number of aromatic nitrogens is 4. The van der Waals surface area contributed by atoms with Crippen LogP contribution in [0.5, 0.6) is 0 Å². The first-order valence-corrected chi connectivity index (χ1v) is 7.71. The third kappa shape index (κ3) is 2.29. The highest BCUT2D eigenvalue weighted by Crippen LogP contribution is 2.29. The molecule has 0 aliphatic heterocycles. The Morgan fingerprint density at radius 2 is 2.19 bits per heavy atom. The minimum Gasteiger partial charge on any atom is -0.296 e. The smallest absolute Gasteiger partial charge is 0.277 e. The first-order valence-electron chi connectivity index (χ1n) is 6.90. The summed E-state index contributed by atoms with van der Waals surface area (Å²) in [5, 5.41) is 7.74. The van der Waals surface area contributed by atoms with Crippen LogP contribution in [0.25, 0.3) is 5.65 Å². The van der Waals surface area contributed by atoms with Crippen molar-refractivity contribution >= 4 is 28.0 Å². The van der Waals surface area contributed by atoms with Gasteiger partial charge in [0.1, 0.15) is 5.69 Å². The Morgan fingerprint density at radius 1 is 1.29 bits per heavy atom. The zero-order valence-corrected chi connectivity index (χ0v) is 12.1. The predicted molar refractivity (Wildman–Crippen MR) is 79.7 cm³/mol. The molecule has 21 heavy (non-hydrogen) atoms. The van der Waals surface area contributed by atoms with E-state index in [2.05, 4.69) is 20.4 Å². The number of carbonyl (C=O) groups is 1. The molecule has 7 heteroatoms. The number of nitrogens with zero attached hydrogens (tertiary/aromatic N) is 4. The maximum atomic E-state index is 12.3. The lowest BCUT2D eigenvalue weighted by molar-refractivity contribution is 0.102. The molecule has 1 aliphatic carbocycles. The SMILES string of the molecule is O=C(Nc1nc2c(s1)CCCC2)c1ccc2nccn2n1. The number of aryl methyl sites for hydroxylation is 2. The molecule has 0 spiro atoms. The monoisotopic (exact) mass is 299 g/mol. The molecule has 0 radical (unpaired) electrons. The molecule has 6 nitrogen and oxygen atoms in total. The fraction of sp³-hybridized carbons (Fsp3) is 0.286. The van der Waals surface area contributed by atoms with Gasteiger partial charge in [-0.05, 0) is 37.8 Å². The molecule has 0 atom stereocenters. The zero-order valence-electron chi connectivity index (χ0n) is 11.2. The molecule has 0 aromatic carbocycles. The fourth-order valence-corrected chi connectivity index (χ4v) is 3.55. The summed E-state index contributed by atoms with van der Waals surface area (Å²) in [4.78, 5) is 22.2. The number of nitrogens with one attached hydrogen (secondary N) is 1. The summed E-state index contributed by atoms with van der Waals surface area (Å²) < 4.78 is 1.59. The van der Waals surface area contributed by atoms with Crippen LogP contribution in [0.1, 0.15) is 33.9 Å². The molecule has 0 saturated carbocycles. The molecule has 3 aromatic heterocycles. The molecule has 4 rings (SSSR count). The molecule has 1 amide bonds. The molecule has 0 unspecified atom stereocenters. The van der Waals surface area contributed by atoms with Crippen LogP contribution < -0.4 is 5.32 Å². The second-order valence-corrected chi connectivity index (χ2v) is 6.08. The van der Waals surface area contributed by atoms with Crippen molar-refractivity contribution in [3.63, 3.8) is 0 Å². The molecule has 106 valence electrons. The van der Waals surface area contributed by atoms with E-state index in [1.54, 1.807) is 40.4 Å². The highest BCUT2D eigenvalue weighted by Gasteiger charge is 2.17. The fourth-order valence-electron chi connectivity index (χ4n) is 2.50. The van der Waals surface area contributed by atoms with Gasteiger partial charge in [0.05, 0.1) is 5.69 Å². The van der Waals surface area contributed by atoms with Gasteiger partial charge in [0.15, 0.2) is 10.8 Å². The van der Waals surface area contributed by atoms with Gasteiger partial charge in [-0.15, -0.1) is 11.3 Å². The third-order valence-electron chi connectivity index (χ3n) is 3.55. The van der Waals surface area contributed by atoms with Gasteiger partial charge >= 0.3 is 0 Å². The Bertz CT molecular complexity index is 798. The maximum Gasteiger partial charge on any atom is 0.277 e. The summed E-state index contributed by atoms with van der Waals surface area (Å²) in [6.45, 7) is 0. The number of amides is 1. The van der Waals surface area contributed by atoms with Crippen molar-refractivity contribution in [1.29, 1.82) is 0 Å². The summed E-state index contributed by atoms with van der Waals surface area (Å²) in [7, 11) is 0. The highest BCUT2D eigenvalue weighted by molar-refractivity contribution is 7.15. The summed E-state index contributed by atoms with van der Waals surface area (Å²) in [6.07, 6.45) is 7.85. The second-order valence-electron chi connectivity index (χ2n) is 5.00. The lowest BCUT2D eigenvalue weighted by Crippen LogP contribution is -2.15. The molecule has 3 heterocycles. The normalized spacial score (nSPS) is 14.1. The number of thiazole rings is 1. The van der Waals surface area contributed by atoms with Crippen LogP contribution in [0.15, 0.2) is 24.5 Å². The maximum absolute atomic E-state index is 12.3. The Kier molecular flexibility index (Phi) is 2.92. The van der Waals surface area contributed by atoms with E-state index in [9.17, 15) is 4.79 Å². The minimum absolute atomic E-state index is 0.239. The van der Waals surface area contributed by atoms with E-state index in [1.807, 2.05) is 0 Å². The zero-order chi connectivity index (χ0) is 14.2. The van der Waals surface area contributed by atoms with Crippen LogP contribution in [-0.2, 0) is 12.8 Å². The Balaban J connectivity index is 1.58. The topological polar surface area (TPSA) is 72.2 Å². The van der Waals surface area contributed by atoms with Gasteiger partial charge in [-0.25, -0.2) is 14.5 Å². The van der Waals surface area contributed by atoms with Crippen LogP contribution in [-0.4, -0.2) is 25.5 Å². The standard InChI is InChI=1S/C14H13N5OS/c20-13(10-5-6-12-15-7-8-19(12)18-10)17-14-16-9-3-1-2-4-11(9)21-14/h5-8H,1-4H2,(H,16,17,20). The number of hydrogen-bond acceptors (Lipinski definition) is 5. The number of anilines is 1. The van der Waals surface area contributed by atoms with Gasteiger partial charge in [-0.1, -0.05) is 0 Å². The van der Waals surface area contributed by atoms with Crippen LogP contribution in [0.4, 0.5) is 5.13 Å². The highest BCUT2D eigenvalue weighted by atomic mass is 32.1. The molecule has 0 bridgehead atoms. The summed E-state index contributed by atoms with van der Waals surface area (Å²) in [5.74, 6) is -0.239. The van der Waals surface area contributed by atoms with E-state index in [0.29, 0.717) is 10.8 Å². The molecular weight excluding hydrogens is 286 g/mol. The van der Waals surface area contributed by atoms with Gasteiger partial charge in [-0.2, -0.15) is 5.10 Å². The van der Waals surface area contributed by atoms with E-state index in [4.69, 9.17) is 0 Å². The van der Waals surface area contributed by atoms with Gasteiger partial charge < -0.3 is 0 Å². The van der Waals surface area contributed by atoms with Crippen LogP contribution >= 0.6 is 11.3 Å². The molecule has 0 saturated heterocycles. The predicted octanol–water partition coefficient (Wildman–Crippen LogP) is 2.32. The second kappa shape index (κ2) is 4.92. The number of fused-ring (bicyclic) bond motifs is 2. The third-order valence-corrected chi connectivity index (χ3v) is 4.63. The largest absolute Gasteiger partial charge is 0.296 e. The first-order chi connectivity index (χ1) is 10.3. The number of imidazole rings is 1. The van der Waals surface area contributed by atoms with Crippen molar-refractivity contribution in [2.75, 3.05) is 5.32 Å². The quantitative estimate of drug-likeness (QED) is 0.788. The van der Waals surface area contributed by atoms with Crippen LogP contribution in [0.3, 0.4) is 0 Å². The molecular formula is C14H13N5OS. The average Bonchev–Trinajstić information content (AvgIpc) is 3.11. The van der Waals surface area contributed by atoms with Crippen molar-refractivity contribution < 1.29 is 4.79 Å². The van der Waals surface area contributed by atoms with E-state index in [1.165, 1.54) is 17.7 Å². The van der Waals surface area contributed by atoms with Crippen molar-refractivity contribution in [1.82, 2.24) is 19.6 Å². The molecule has 1 N–H and O–H groups in total. The van der Waals surface area contributed by atoms with Gasteiger partial charge in [0.2, 0.25) is 0 Å². The van der Waals surface area contributed by atoms with Crippen molar-refractivity contribution in [2.45, 2.75) is 25.7 Å². The van der Waals surface area contributed by atoms with Gasteiger partial charge in [0.25, 0.3) is 5.91 Å².